The van der Waals surface area contributed by atoms with E-state index in [1.54, 1.807) is 24.3 Å². The minimum absolute atomic E-state index is 0. The second-order valence-corrected chi connectivity index (χ2v) is 8.73. The third kappa shape index (κ3) is 4.85. The van der Waals surface area contributed by atoms with Crippen LogP contribution in [0.1, 0.15) is 20.8 Å². The number of halogens is 2. The van der Waals surface area contributed by atoms with Gasteiger partial charge in [-0.2, -0.15) is 0 Å². The van der Waals surface area contributed by atoms with Crippen molar-refractivity contribution in [2.45, 2.75) is 13.0 Å². The van der Waals surface area contributed by atoms with Gasteiger partial charge in [0.2, 0.25) is 0 Å². The van der Waals surface area contributed by atoms with Crippen molar-refractivity contribution in [3.63, 3.8) is 0 Å². The van der Waals surface area contributed by atoms with Gasteiger partial charge in [-0.1, -0.05) is 11.6 Å². The van der Waals surface area contributed by atoms with E-state index in [9.17, 15) is 9.59 Å². The maximum Gasteiger partial charge on any atom is 0.324 e. The number of anilines is 2. The molecule has 156 valence electrons. The average Bonchev–Trinajstić information content (AvgIpc) is 3.01. The normalized spacial score (nSPS) is 17.1. The van der Waals surface area contributed by atoms with Crippen molar-refractivity contribution in [1.82, 2.24) is 0 Å². The lowest BCUT2D eigenvalue weighted by molar-refractivity contribution is -0.949. The summed E-state index contributed by atoms with van der Waals surface area (Å²) in [6, 6.07) is 6.40. The molecule has 1 saturated heterocycles. The van der Waals surface area contributed by atoms with Gasteiger partial charge >= 0.3 is 6.03 Å². The topological polar surface area (TPSA) is 93.5 Å². The van der Waals surface area contributed by atoms with Crippen molar-refractivity contribution in [2.75, 3.05) is 43.5 Å². The Kier molecular flexibility index (Phi) is 7.05. The molecule has 1 fully saturated rings. The van der Waals surface area contributed by atoms with Crippen LogP contribution in [0.25, 0.3) is 0 Å². The number of fused-ring (bicyclic) bond motifs is 1. The van der Waals surface area contributed by atoms with Gasteiger partial charge in [-0.15, -0.1) is 11.3 Å². The number of quaternary nitrogens is 1. The van der Waals surface area contributed by atoms with Crippen molar-refractivity contribution in [2.24, 2.45) is 5.73 Å². The zero-order valence-electron chi connectivity index (χ0n) is 15.7. The van der Waals surface area contributed by atoms with Gasteiger partial charge in [-0.3, -0.25) is 10.1 Å². The van der Waals surface area contributed by atoms with Crippen molar-refractivity contribution in [3.05, 3.63) is 45.3 Å². The monoisotopic (exact) mass is 548 g/mol. The summed E-state index contributed by atoms with van der Waals surface area (Å²) in [5.74, 6) is -0.505. The molecule has 2 aliphatic heterocycles. The van der Waals surface area contributed by atoms with Crippen LogP contribution in [0.3, 0.4) is 0 Å². The Morgan fingerprint density at radius 1 is 1.10 bits per heavy atom. The minimum Gasteiger partial charge on any atom is -1.00 e. The molecule has 4 rings (SSSR count). The van der Waals surface area contributed by atoms with Crippen LogP contribution in [-0.4, -0.2) is 49.3 Å². The smallest absolute Gasteiger partial charge is 0.324 e. The van der Waals surface area contributed by atoms with Gasteiger partial charge in [0.1, 0.15) is 24.6 Å². The second-order valence-electron chi connectivity index (χ2n) is 7.19. The molecule has 4 N–H and O–H groups in total. The summed E-state index contributed by atoms with van der Waals surface area (Å²) in [6.45, 7) is 5.29. The summed E-state index contributed by atoms with van der Waals surface area (Å²) in [5, 5.41) is 6.66. The van der Waals surface area contributed by atoms with Crippen LogP contribution < -0.4 is 40.3 Å². The molecule has 2 aliphatic rings. The maximum atomic E-state index is 12.4. The fraction of sp³-hybridized carbons (Fsp3) is 0.368. The van der Waals surface area contributed by atoms with Crippen molar-refractivity contribution < 1.29 is 42.8 Å². The molecule has 29 heavy (non-hydrogen) atoms. The molecule has 0 aliphatic carbocycles. The SMILES string of the molecule is NC(=O)c1c(NC(=O)Nc2ccc(Cl)cc2)sc2c1CC[N+]1(CCOCC1)C2.[I-]. The van der Waals surface area contributed by atoms with Gasteiger partial charge in [-0.05, 0) is 29.8 Å². The number of carbonyl (C=O) groups is 2. The largest absolute Gasteiger partial charge is 1.00 e. The summed E-state index contributed by atoms with van der Waals surface area (Å²) in [4.78, 5) is 25.7. The van der Waals surface area contributed by atoms with E-state index in [1.165, 1.54) is 11.3 Å². The molecule has 2 aromatic rings. The van der Waals surface area contributed by atoms with Crippen LogP contribution in [0.5, 0.6) is 0 Å². The summed E-state index contributed by atoms with van der Waals surface area (Å²) in [6.07, 6.45) is 0.782. The van der Waals surface area contributed by atoms with Crippen LogP contribution in [0.2, 0.25) is 5.02 Å². The summed E-state index contributed by atoms with van der Waals surface area (Å²) in [5.41, 5.74) is 7.69. The van der Waals surface area contributed by atoms with Gasteiger partial charge in [0, 0.05) is 17.1 Å². The Labute approximate surface area is 195 Å². The van der Waals surface area contributed by atoms with Crippen LogP contribution in [0.4, 0.5) is 15.5 Å². The fourth-order valence-corrected chi connectivity index (χ4v) is 5.40. The summed E-state index contributed by atoms with van der Waals surface area (Å²) < 4.78 is 6.48. The number of urea groups is 1. The fourth-order valence-electron chi connectivity index (χ4n) is 3.90. The molecule has 0 saturated carbocycles. The van der Waals surface area contributed by atoms with Crippen molar-refractivity contribution in [1.29, 1.82) is 0 Å². The highest BCUT2D eigenvalue weighted by atomic mass is 127. The zero-order valence-corrected chi connectivity index (χ0v) is 19.4. The molecule has 3 heterocycles. The molecule has 0 atom stereocenters. The molecule has 1 spiro atoms. The number of benzene rings is 1. The number of primary amides is 1. The lowest BCUT2D eigenvalue weighted by atomic mass is 10.00. The highest BCUT2D eigenvalue weighted by Crippen LogP contribution is 2.39. The highest BCUT2D eigenvalue weighted by Gasteiger charge is 2.38. The van der Waals surface area contributed by atoms with Gasteiger partial charge < -0.3 is 44.2 Å². The first kappa shape index (κ1) is 22.3. The lowest BCUT2D eigenvalue weighted by Gasteiger charge is -2.43. The number of carbonyl (C=O) groups excluding carboxylic acids is 2. The Hall–Kier alpha value is -1.40. The summed E-state index contributed by atoms with van der Waals surface area (Å²) in [7, 11) is 0. The Morgan fingerprint density at radius 3 is 2.45 bits per heavy atom. The number of rotatable bonds is 3. The van der Waals surface area contributed by atoms with Crippen molar-refractivity contribution >= 4 is 45.6 Å². The number of hydrogen-bond donors (Lipinski definition) is 3. The quantitative estimate of drug-likeness (QED) is 0.374. The van der Waals surface area contributed by atoms with Gasteiger partial charge in [-0.25, -0.2) is 4.79 Å². The van der Waals surface area contributed by atoms with E-state index in [-0.39, 0.29) is 24.0 Å². The van der Waals surface area contributed by atoms with E-state index >= 15 is 0 Å². The molecule has 10 heteroatoms. The Balaban J connectivity index is 0.00000240. The molecule has 3 amide bonds. The average molecular weight is 549 g/mol. The van der Waals surface area contributed by atoms with E-state index in [0.29, 0.717) is 21.3 Å². The predicted octanol–water partition coefficient (Wildman–Crippen LogP) is 0.0515. The van der Waals surface area contributed by atoms with E-state index in [0.717, 1.165) is 60.7 Å². The number of nitrogens with two attached hydrogens (primary N) is 1. The Bertz CT molecular complexity index is 913. The Morgan fingerprint density at radius 2 is 1.79 bits per heavy atom. The van der Waals surface area contributed by atoms with E-state index in [4.69, 9.17) is 22.1 Å². The first-order valence-corrected chi connectivity index (χ1v) is 10.4. The van der Waals surface area contributed by atoms with E-state index in [1.807, 2.05) is 0 Å². The predicted molar refractivity (Wildman–Crippen MR) is 110 cm³/mol. The molecule has 1 aromatic carbocycles. The number of hydrogen-bond acceptors (Lipinski definition) is 4. The first-order valence-electron chi connectivity index (χ1n) is 9.16. The third-order valence-corrected chi connectivity index (χ3v) is 6.79. The van der Waals surface area contributed by atoms with Crippen LogP contribution in [0, 0.1) is 0 Å². The van der Waals surface area contributed by atoms with Crippen LogP contribution >= 0.6 is 22.9 Å². The number of nitrogens with zero attached hydrogens (tertiary/aromatic N) is 1. The molecule has 0 unspecified atom stereocenters. The van der Waals surface area contributed by atoms with E-state index < -0.39 is 11.9 Å². The number of morpholine rings is 1. The summed E-state index contributed by atoms with van der Waals surface area (Å²) >= 11 is 7.31. The third-order valence-electron chi connectivity index (χ3n) is 5.40. The van der Waals surface area contributed by atoms with E-state index in [2.05, 4.69) is 10.6 Å². The molecule has 7 nitrogen and oxygen atoms in total. The standard InChI is InChI=1S/C19H21ClN4O3S.HI/c20-12-1-3-13(4-2-12)22-19(26)23-18-16(17(21)25)14-5-6-24(11-15(14)28-18)7-9-27-10-8-24;/h1-4H,5-11H2,(H3-,21,22,23,25,26);1H. The van der Waals surface area contributed by atoms with Crippen molar-refractivity contribution in [3.8, 4) is 0 Å². The molecular formula is C19H22ClIN4O3S. The van der Waals surface area contributed by atoms with Gasteiger partial charge in [0.05, 0.1) is 30.2 Å². The van der Waals surface area contributed by atoms with Crippen LogP contribution in [-0.2, 0) is 17.7 Å². The highest BCUT2D eigenvalue weighted by molar-refractivity contribution is 7.17. The molecule has 0 bridgehead atoms. The van der Waals surface area contributed by atoms with Gasteiger partial charge in [0.15, 0.2) is 0 Å². The number of amides is 3. The lowest BCUT2D eigenvalue weighted by Crippen LogP contribution is -3.00. The molecule has 1 aromatic heterocycles. The number of ether oxygens (including phenoxy) is 1. The first-order chi connectivity index (χ1) is 13.5. The zero-order chi connectivity index (χ0) is 19.7. The number of thiophene rings is 1. The van der Waals surface area contributed by atoms with Crippen LogP contribution in [0.15, 0.2) is 24.3 Å². The molecular weight excluding hydrogens is 527 g/mol. The maximum absolute atomic E-state index is 12.4. The minimum atomic E-state index is -0.505. The van der Waals surface area contributed by atoms with Gasteiger partial charge in [0.25, 0.3) is 5.91 Å². The molecule has 0 radical (unpaired) electrons. The number of nitrogens with one attached hydrogen (secondary N) is 2. The second kappa shape index (κ2) is 9.17.